The monoisotopic (exact) mass is 278 g/mol. The lowest BCUT2D eigenvalue weighted by Crippen LogP contribution is -2.51. The predicted octanol–water partition coefficient (Wildman–Crippen LogP) is 1.47. The molecule has 1 rings (SSSR count). The lowest BCUT2D eigenvalue weighted by molar-refractivity contribution is -0.124. The number of aliphatic hydroxyl groups excluding tert-OH is 1. The molecule has 4 N–H and O–H groups in total. The van der Waals surface area contributed by atoms with E-state index < -0.39 is 6.04 Å². The van der Waals surface area contributed by atoms with E-state index in [1.807, 2.05) is 51.1 Å². The molecule has 0 bridgehead atoms. The topological polar surface area (TPSA) is 75.3 Å². The highest BCUT2D eigenvalue weighted by Crippen LogP contribution is 2.21. The van der Waals surface area contributed by atoms with E-state index in [2.05, 4.69) is 5.32 Å². The number of hydrogen-bond donors (Lipinski definition) is 3. The molecule has 0 saturated carbocycles. The van der Waals surface area contributed by atoms with Crippen LogP contribution < -0.4 is 11.1 Å². The van der Waals surface area contributed by atoms with Gasteiger partial charge in [0.15, 0.2) is 0 Å². The summed E-state index contributed by atoms with van der Waals surface area (Å²) in [4.78, 5) is 12.2. The molecular weight excluding hydrogens is 252 g/mol. The average Bonchev–Trinajstić information content (AvgIpc) is 2.38. The first kappa shape index (κ1) is 16.7. The third kappa shape index (κ3) is 5.31. The zero-order valence-electron chi connectivity index (χ0n) is 12.6. The van der Waals surface area contributed by atoms with Gasteiger partial charge in [0, 0.05) is 12.6 Å². The number of carbonyl (C=O) groups excluding carboxylic acids is 1. The minimum atomic E-state index is -0.569. The number of benzene rings is 1. The van der Waals surface area contributed by atoms with E-state index in [4.69, 9.17) is 10.8 Å². The molecule has 0 aliphatic heterocycles. The molecule has 0 fully saturated rings. The smallest absolute Gasteiger partial charge is 0.237 e. The molecule has 0 radical (unpaired) electrons. The summed E-state index contributed by atoms with van der Waals surface area (Å²) in [6.07, 6.45) is 1.05. The number of nitrogens with one attached hydrogen (secondary N) is 1. The molecule has 4 nitrogen and oxygen atoms in total. The Morgan fingerprint density at radius 3 is 2.40 bits per heavy atom. The third-order valence-electron chi connectivity index (χ3n) is 3.41. The molecule has 0 aliphatic rings. The fourth-order valence-corrected chi connectivity index (χ4v) is 2.09. The van der Waals surface area contributed by atoms with Crippen LogP contribution in [0.3, 0.4) is 0 Å². The molecule has 1 aromatic carbocycles. The highest BCUT2D eigenvalue weighted by molar-refractivity contribution is 5.82. The Hall–Kier alpha value is -1.39. The number of carbonyl (C=O) groups is 1. The highest BCUT2D eigenvalue weighted by Gasteiger charge is 2.27. The molecule has 4 heteroatoms. The van der Waals surface area contributed by atoms with Crippen LogP contribution >= 0.6 is 0 Å². The SMILES string of the molecule is CC(C)(C)C(CCO)NC(=O)[C@H](N)Cc1ccccc1. The second-order valence-electron chi connectivity index (χ2n) is 6.24. The molecule has 20 heavy (non-hydrogen) atoms. The van der Waals surface area contributed by atoms with Gasteiger partial charge in [0.25, 0.3) is 0 Å². The van der Waals surface area contributed by atoms with Crippen LogP contribution in [0.5, 0.6) is 0 Å². The maximum absolute atomic E-state index is 12.2. The number of hydrogen-bond acceptors (Lipinski definition) is 3. The lowest BCUT2D eigenvalue weighted by Gasteiger charge is -2.32. The summed E-state index contributed by atoms with van der Waals surface area (Å²) in [7, 11) is 0. The van der Waals surface area contributed by atoms with Crippen LogP contribution in [0.25, 0.3) is 0 Å². The second-order valence-corrected chi connectivity index (χ2v) is 6.24. The van der Waals surface area contributed by atoms with E-state index in [0.29, 0.717) is 12.8 Å². The third-order valence-corrected chi connectivity index (χ3v) is 3.41. The van der Waals surface area contributed by atoms with Crippen molar-refractivity contribution in [2.75, 3.05) is 6.61 Å². The van der Waals surface area contributed by atoms with Crippen LogP contribution in [-0.4, -0.2) is 29.7 Å². The van der Waals surface area contributed by atoms with Crippen molar-refractivity contribution in [1.29, 1.82) is 0 Å². The standard InChI is InChI=1S/C16H26N2O2/c1-16(2,3)14(9-10-19)18-15(20)13(17)11-12-7-5-4-6-8-12/h4-8,13-14,19H,9-11,17H2,1-3H3,(H,18,20)/t13-,14?/m1/s1. The van der Waals surface area contributed by atoms with Gasteiger partial charge in [-0.15, -0.1) is 0 Å². The van der Waals surface area contributed by atoms with Crippen molar-refractivity contribution in [2.45, 2.75) is 45.7 Å². The van der Waals surface area contributed by atoms with Crippen LogP contribution in [0.4, 0.5) is 0 Å². The molecule has 0 heterocycles. The van der Waals surface area contributed by atoms with Gasteiger partial charge in [0.2, 0.25) is 5.91 Å². The lowest BCUT2D eigenvalue weighted by atomic mass is 9.84. The molecule has 0 aromatic heterocycles. The normalized spacial score (nSPS) is 14.7. The van der Waals surface area contributed by atoms with Gasteiger partial charge in [-0.2, -0.15) is 0 Å². The highest BCUT2D eigenvalue weighted by atomic mass is 16.3. The van der Waals surface area contributed by atoms with Gasteiger partial charge in [-0.1, -0.05) is 51.1 Å². The number of aliphatic hydroxyl groups is 1. The van der Waals surface area contributed by atoms with E-state index >= 15 is 0 Å². The summed E-state index contributed by atoms with van der Waals surface area (Å²) in [6.45, 7) is 6.17. The van der Waals surface area contributed by atoms with Crippen LogP contribution in [0.1, 0.15) is 32.8 Å². The van der Waals surface area contributed by atoms with Crippen molar-refractivity contribution in [3.05, 3.63) is 35.9 Å². The van der Waals surface area contributed by atoms with Crippen LogP contribution in [0.2, 0.25) is 0 Å². The summed E-state index contributed by atoms with van der Waals surface area (Å²) in [5.74, 6) is -0.165. The summed E-state index contributed by atoms with van der Waals surface area (Å²) in [5.41, 5.74) is 6.90. The molecule has 1 aromatic rings. The molecule has 0 saturated heterocycles. The first-order valence-corrected chi connectivity index (χ1v) is 7.05. The molecule has 2 atom stereocenters. The molecule has 0 spiro atoms. The fourth-order valence-electron chi connectivity index (χ4n) is 2.09. The Morgan fingerprint density at radius 1 is 1.30 bits per heavy atom. The Morgan fingerprint density at radius 2 is 1.90 bits per heavy atom. The Balaban J connectivity index is 2.60. The summed E-state index contributed by atoms with van der Waals surface area (Å²) in [6, 6.07) is 9.08. The largest absolute Gasteiger partial charge is 0.396 e. The van der Waals surface area contributed by atoms with Gasteiger partial charge in [0.1, 0.15) is 0 Å². The number of amides is 1. The number of rotatable bonds is 6. The van der Waals surface area contributed by atoms with Crippen molar-refractivity contribution in [1.82, 2.24) is 5.32 Å². The van der Waals surface area contributed by atoms with Crippen molar-refractivity contribution in [3.63, 3.8) is 0 Å². The van der Waals surface area contributed by atoms with Crippen molar-refractivity contribution in [3.8, 4) is 0 Å². The maximum Gasteiger partial charge on any atom is 0.237 e. The first-order valence-electron chi connectivity index (χ1n) is 7.05. The van der Waals surface area contributed by atoms with Crippen LogP contribution in [0, 0.1) is 5.41 Å². The Labute approximate surface area is 121 Å². The quantitative estimate of drug-likeness (QED) is 0.737. The molecule has 112 valence electrons. The Bertz CT molecular complexity index is 412. The van der Waals surface area contributed by atoms with Gasteiger partial charge in [0.05, 0.1) is 6.04 Å². The minimum Gasteiger partial charge on any atom is -0.396 e. The van der Waals surface area contributed by atoms with Crippen molar-refractivity contribution < 1.29 is 9.90 Å². The Kier molecular flexibility index (Phi) is 6.17. The summed E-state index contributed by atoms with van der Waals surface area (Å²) in [5, 5.41) is 12.1. The number of nitrogens with two attached hydrogens (primary N) is 1. The maximum atomic E-state index is 12.2. The van der Waals surface area contributed by atoms with Crippen LogP contribution in [-0.2, 0) is 11.2 Å². The van der Waals surface area contributed by atoms with E-state index in [1.165, 1.54) is 0 Å². The average molecular weight is 278 g/mol. The predicted molar refractivity (Wildman–Crippen MR) is 81.2 cm³/mol. The van der Waals surface area contributed by atoms with Gasteiger partial charge in [-0.05, 0) is 23.8 Å². The second kappa shape index (κ2) is 7.41. The van der Waals surface area contributed by atoms with Crippen LogP contribution in [0.15, 0.2) is 30.3 Å². The fraction of sp³-hybridized carbons (Fsp3) is 0.562. The zero-order valence-corrected chi connectivity index (χ0v) is 12.6. The summed E-state index contributed by atoms with van der Waals surface area (Å²) >= 11 is 0. The molecule has 1 amide bonds. The molecule has 0 aliphatic carbocycles. The van der Waals surface area contributed by atoms with Crippen molar-refractivity contribution >= 4 is 5.91 Å². The van der Waals surface area contributed by atoms with Crippen molar-refractivity contribution in [2.24, 2.45) is 11.1 Å². The van der Waals surface area contributed by atoms with Gasteiger partial charge >= 0.3 is 0 Å². The van der Waals surface area contributed by atoms with Gasteiger partial charge in [-0.25, -0.2) is 0 Å². The van der Waals surface area contributed by atoms with Gasteiger partial charge < -0.3 is 16.2 Å². The zero-order chi connectivity index (χ0) is 15.2. The minimum absolute atomic E-state index is 0.0517. The molecular formula is C16H26N2O2. The molecule has 1 unspecified atom stereocenters. The van der Waals surface area contributed by atoms with E-state index in [9.17, 15) is 4.79 Å². The van der Waals surface area contributed by atoms with E-state index in [-0.39, 0.29) is 24.0 Å². The van der Waals surface area contributed by atoms with E-state index in [1.54, 1.807) is 0 Å². The van der Waals surface area contributed by atoms with E-state index in [0.717, 1.165) is 5.56 Å². The summed E-state index contributed by atoms with van der Waals surface area (Å²) < 4.78 is 0. The van der Waals surface area contributed by atoms with Gasteiger partial charge in [-0.3, -0.25) is 4.79 Å². The first-order chi connectivity index (χ1) is 9.34.